The zero-order chi connectivity index (χ0) is 18.7. The van der Waals surface area contributed by atoms with Crippen LogP contribution < -0.4 is 5.32 Å². The SMILES string of the molecule is CS(=O)(=O)N1CCC(C(=O)Nc2cc(-c3cccs3)nn2CCO)CC1. The van der Waals surface area contributed by atoms with Crippen molar-refractivity contribution in [1.29, 1.82) is 0 Å². The number of sulfonamides is 1. The predicted molar refractivity (Wildman–Crippen MR) is 100 cm³/mol. The minimum atomic E-state index is -3.21. The molecule has 0 aromatic carbocycles. The molecule has 0 atom stereocenters. The number of rotatable bonds is 6. The summed E-state index contributed by atoms with van der Waals surface area (Å²) in [6, 6.07) is 5.67. The van der Waals surface area contributed by atoms with E-state index in [9.17, 15) is 18.3 Å². The van der Waals surface area contributed by atoms with Crippen LogP contribution in [0.5, 0.6) is 0 Å². The maximum Gasteiger partial charge on any atom is 0.228 e. The Morgan fingerprint density at radius 1 is 1.42 bits per heavy atom. The van der Waals surface area contributed by atoms with E-state index in [1.54, 1.807) is 22.1 Å². The quantitative estimate of drug-likeness (QED) is 0.761. The molecule has 142 valence electrons. The van der Waals surface area contributed by atoms with E-state index in [1.807, 2.05) is 17.5 Å². The number of carbonyl (C=O) groups excluding carboxylic acids is 1. The lowest BCUT2D eigenvalue weighted by Crippen LogP contribution is -2.41. The number of piperidine rings is 1. The molecule has 0 aliphatic carbocycles. The first-order valence-corrected chi connectivity index (χ1v) is 11.1. The molecule has 0 radical (unpaired) electrons. The molecule has 0 bridgehead atoms. The largest absolute Gasteiger partial charge is 0.394 e. The number of anilines is 1. The Morgan fingerprint density at radius 2 is 2.15 bits per heavy atom. The Kier molecular flexibility index (Phi) is 5.76. The zero-order valence-electron chi connectivity index (χ0n) is 14.5. The van der Waals surface area contributed by atoms with Crippen molar-refractivity contribution in [1.82, 2.24) is 14.1 Å². The number of aromatic nitrogens is 2. The normalized spacial score (nSPS) is 16.7. The van der Waals surface area contributed by atoms with Crippen LogP contribution in [0.25, 0.3) is 10.6 Å². The summed E-state index contributed by atoms with van der Waals surface area (Å²) in [5.41, 5.74) is 0.746. The molecule has 3 rings (SSSR count). The van der Waals surface area contributed by atoms with Gasteiger partial charge < -0.3 is 10.4 Å². The minimum Gasteiger partial charge on any atom is -0.394 e. The van der Waals surface area contributed by atoms with E-state index in [0.29, 0.717) is 31.7 Å². The number of aliphatic hydroxyl groups excluding tert-OH is 1. The first kappa shape index (κ1) is 19.0. The van der Waals surface area contributed by atoms with Crippen LogP contribution >= 0.6 is 11.3 Å². The van der Waals surface area contributed by atoms with Crippen LogP contribution in [0.1, 0.15) is 12.8 Å². The fourth-order valence-corrected chi connectivity index (χ4v) is 4.56. The molecule has 26 heavy (non-hydrogen) atoms. The molecule has 2 aromatic rings. The topological polar surface area (TPSA) is 105 Å². The number of hydrogen-bond acceptors (Lipinski definition) is 6. The highest BCUT2D eigenvalue weighted by Gasteiger charge is 2.29. The molecule has 1 amide bonds. The molecule has 3 heterocycles. The lowest BCUT2D eigenvalue weighted by atomic mass is 9.97. The first-order valence-electron chi connectivity index (χ1n) is 8.37. The Balaban J connectivity index is 1.69. The number of nitrogens with one attached hydrogen (secondary N) is 1. The van der Waals surface area contributed by atoms with Gasteiger partial charge in [0.25, 0.3) is 0 Å². The van der Waals surface area contributed by atoms with Gasteiger partial charge in [-0.3, -0.25) is 4.79 Å². The molecule has 1 fully saturated rings. The average Bonchev–Trinajstić information content (AvgIpc) is 3.25. The van der Waals surface area contributed by atoms with Gasteiger partial charge in [0.2, 0.25) is 15.9 Å². The highest BCUT2D eigenvalue weighted by atomic mass is 32.2. The van der Waals surface area contributed by atoms with E-state index in [2.05, 4.69) is 10.4 Å². The van der Waals surface area contributed by atoms with Gasteiger partial charge in [0.05, 0.1) is 24.3 Å². The third-order valence-corrected chi connectivity index (χ3v) is 6.61. The Bertz CT molecular complexity index is 853. The average molecular weight is 399 g/mol. The highest BCUT2D eigenvalue weighted by Crippen LogP contribution is 2.27. The van der Waals surface area contributed by atoms with Crippen molar-refractivity contribution in [3.63, 3.8) is 0 Å². The molecule has 1 saturated heterocycles. The fraction of sp³-hybridized carbons (Fsp3) is 0.500. The first-order chi connectivity index (χ1) is 12.4. The smallest absolute Gasteiger partial charge is 0.228 e. The summed E-state index contributed by atoms with van der Waals surface area (Å²) in [4.78, 5) is 13.6. The van der Waals surface area contributed by atoms with Crippen molar-refractivity contribution in [3.05, 3.63) is 23.6 Å². The number of carbonyl (C=O) groups is 1. The standard InChI is InChI=1S/C16H22N4O4S2/c1-26(23,24)19-6-4-12(5-7-19)16(22)17-15-11-13(14-3-2-10-25-14)18-20(15)8-9-21/h2-3,10-12,21H,4-9H2,1H3,(H,17,22). The predicted octanol–water partition coefficient (Wildman–Crippen LogP) is 1.21. The molecule has 0 spiro atoms. The monoisotopic (exact) mass is 398 g/mol. The van der Waals surface area contributed by atoms with Crippen molar-refractivity contribution >= 4 is 33.1 Å². The molecule has 8 nitrogen and oxygen atoms in total. The number of hydrogen-bond donors (Lipinski definition) is 2. The lowest BCUT2D eigenvalue weighted by molar-refractivity contribution is -0.121. The fourth-order valence-electron chi connectivity index (χ4n) is 3.01. The Hall–Kier alpha value is -1.75. The van der Waals surface area contributed by atoms with E-state index >= 15 is 0 Å². The third kappa shape index (κ3) is 4.32. The molecule has 0 unspecified atom stereocenters. The van der Waals surface area contributed by atoms with Crippen LogP contribution in [-0.4, -0.2) is 59.5 Å². The second-order valence-corrected chi connectivity index (χ2v) is 9.19. The molecule has 0 saturated carbocycles. The van der Waals surface area contributed by atoms with Gasteiger partial charge in [0.1, 0.15) is 11.5 Å². The lowest BCUT2D eigenvalue weighted by Gasteiger charge is -2.29. The second kappa shape index (κ2) is 7.87. The molecule has 2 aromatic heterocycles. The van der Waals surface area contributed by atoms with Gasteiger partial charge in [-0.2, -0.15) is 5.10 Å². The summed E-state index contributed by atoms with van der Waals surface area (Å²) in [5.74, 6) is 0.156. The van der Waals surface area contributed by atoms with E-state index in [0.717, 1.165) is 10.6 Å². The summed E-state index contributed by atoms with van der Waals surface area (Å²) < 4.78 is 26.1. The zero-order valence-corrected chi connectivity index (χ0v) is 16.1. The van der Waals surface area contributed by atoms with Crippen LogP contribution in [0.4, 0.5) is 5.82 Å². The van der Waals surface area contributed by atoms with E-state index in [1.165, 1.54) is 10.6 Å². The third-order valence-electron chi connectivity index (χ3n) is 4.41. The van der Waals surface area contributed by atoms with Crippen LogP contribution in [0.15, 0.2) is 23.6 Å². The molecule has 1 aliphatic rings. The Morgan fingerprint density at radius 3 is 2.73 bits per heavy atom. The van der Waals surface area contributed by atoms with Crippen LogP contribution in [0, 0.1) is 5.92 Å². The van der Waals surface area contributed by atoms with Crippen molar-refractivity contribution < 1.29 is 18.3 Å². The van der Waals surface area contributed by atoms with Crippen molar-refractivity contribution in [2.45, 2.75) is 19.4 Å². The van der Waals surface area contributed by atoms with Gasteiger partial charge in [-0.1, -0.05) is 6.07 Å². The molecular formula is C16H22N4O4S2. The number of aliphatic hydroxyl groups is 1. The maximum atomic E-state index is 12.6. The molecular weight excluding hydrogens is 376 g/mol. The van der Waals surface area contributed by atoms with Gasteiger partial charge in [-0.25, -0.2) is 17.4 Å². The van der Waals surface area contributed by atoms with Crippen LogP contribution in [-0.2, 0) is 21.4 Å². The van der Waals surface area contributed by atoms with Gasteiger partial charge in [0, 0.05) is 25.1 Å². The van der Waals surface area contributed by atoms with E-state index in [4.69, 9.17) is 0 Å². The second-order valence-electron chi connectivity index (χ2n) is 6.26. The summed E-state index contributed by atoms with van der Waals surface area (Å²) >= 11 is 1.55. The van der Waals surface area contributed by atoms with Gasteiger partial charge in [-0.05, 0) is 24.3 Å². The summed E-state index contributed by atoms with van der Waals surface area (Å²) in [6.07, 6.45) is 2.17. The van der Waals surface area contributed by atoms with Gasteiger partial charge >= 0.3 is 0 Å². The Labute approximate surface area is 156 Å². The van der Waals surface area contributed by atoms with Gasteiger partial charge in [-0.15, -0.1) is 11.3 Å². The minimum absolute atomic E-state index is 0.0822. The van der Waals surface area contributed by atoms with Crippen LogP contribution in [0.3, 0.4) is 0 Å². The summed E-state index contributed by atoms with van der Waals surface area (Å²) in [7, 11) is -3.21. The molecule has 2 N–H and O–H groups in total. The van der Waals surface area contributed by atoms with E-state index in [-0.39, 0.29) is 25.0 Å². The summed E-state index contributed by atoms with van der Waals surface area (Å²) in [5, 5.41) is 18.5. The van der Waals surface area contributed by atoms with Crippen LogP contribution in [0.2, 0.25) is 0 Å². The van der Waals surface area contributed by atoms with E-state index < -0.39 is 10.0 Å². The highest BCUT2D eigenvalue weighted by molar-refractivity contribution is 7.88. The number of thiophene rings is 1. The summed E-state index contributed by atoms with van der Waals surface area (Å²) in [6.45, 7) is 0.912. The molecule has 1 aliphatic heterocycles. The van der Waals surface area contributed by atoms with Crippen molar-refractivity contribution in [3.8, 4) is 10.6 Å². The van der Waals surface area contributed by atoms with Crippen molar-refractivity contribution in [2.75, 3.05) is 31.3 Å². The number of amides is 1. The van der Waals surface area contributed by atoms with Gasteiger partial charge in [0.15, 0.2) is 0 Å². The van der Waals surface area contributed by atoms with Crippen molar-refractivity contribution in [2.24, 2.45) is 5.92 Å². The number of nitrogens with zero attached hydrogens (tertiary/aromatic N) is 3. The maximum absolute atomic E-state index is 12.6. The molecule has 10 heteroatoms.